The summed E-state index contributed by atoms with van der Waals surface area (Å²) < 4.78 is 29.8. The molecule has 0 aromatic carbocycles. The molecule has 1 fully saturated rings. The maximum Gasteiger partial charge on any atom is 0.318 e. The van der Waals surface area contributed by atoms with Gasteiger partial charge in [-0.15, -0.1) is 0 Å². The minimum atomic E-state index is -3.52. The molecule has 0 amide bonds. The lowest BCUT2D eigenvalue weighted by Gasteiger charge is -2.19. The Labute approximate surface area is 102 Å². The van der Waals surface area contributed by atoms with Gasteiger partial charge in [0.05, 0.1) is 12.4 Å². The number of carbonyl (C=O) groups is 1. The third kappa shape index (κ3) is 5.47. The maximum atomic E-state index is 11.9. The molecular weight excluding hydrogens is 246 g/mol. The van der Waals surface area contributed by atoms with Crippen LogP contribution < -0.4 is 0 Å². The number of ether oxygens (including phenoxy) is 1. The van der Waals surface area contributed by atoms with Crippen LogP contribution in [0.2, 0.25) is 0 Å². The summed E-state index contributed by atoms with van der Waals surface area (Å²) in [6, 6.07) is 0. The van der Waals surface area contributed by atoms with Crippen molar-refractivity contribution in [2.75, 3.05) is 32.1 Å². The van der Waals surface area contributed by atoms with E-state index in [1.807, 2.05) is 0 Å². The fourth-order valence-corrected chi connectivity index (χ4v) is 2.79. The Morgan fingerprint density at radius 2 is 2.12 bits per heavy atom. The second kappa shape index (κ2) is 6.32. The zero-order valence-corrected chi connectivity index (χ0v) is 10.8. The van der Waals surface area contributed by atoms with Crippen LogP contribution in [-0.4, -0.2) is 55.9 Å². The molecule has 0 bridgehead atoms. The van der Waals surface area contributed by atoms with Crippen molar-refractivity contribution in [1.29, 1.82) is 0 Å². The first-order valence-corrected chi connectivity index (χ1v) is 7.34. The van der Waals surface area contributed by atoms with E-state index >= 15 is 0 Å². The van der Waals surface area contributed by atoms with Crippen LogP contribution in [0.15, 0.2) is 0 Å². The second-order valence-corrected chi connectivity index (χ2v) is 6.23. The number of rotatable bonds is 9. The summed E-state index contributed by atoms with van der Waals surface area (Å²) in [5.74, 6) is -0.942. The molecule has 1 saturated carbocycles. The number of aliphatic carboxylic acids is 1. The predicted octanol–water partition coefficient (Wildman–Crippen LogP) is 0.149. The summed E-state index contributed by atoms with van der Waals surface area (Å²) in [6.07, 6.45) is 1.97. The van der Waals surface area contributed by atoms with Gasteiger partial charge in [0, 0.05) is 13.2 Å². The van der Waals surface area contributed by atoms with Crippen molar-refractivity contribution in [2.45, 2.75) is 19.8 Å². The number of sulfonamides is 1. The first-order valence-electron chi connectivity index (χ1n) is 5.73. The molecule has 1 rings (SSSR count). The van der Waals surface area contributed by atoms with E-state index in [0.717, 1.165) is 17.1 Å². The third-order valence-corrected chi connectivity index (χ3v) is 4.30. The lowest BCUT2D eigenvalue weighted by molar-refractivity contribution is -0.137. The molecule has 1 aliphatic carbocycles. The van der Waals surface area contributed by atoms with Crippen molar-refractivity contribution >= 4 is 16.0 Å². The largest absolute Gasteiger partial charge is 0.480 e. The molecule has 0 unspecified atom stereocenters. The molecule has 0 aromatic heterocycles. The van der Waals surface area contributed by atoms with E-state index in [1.165, 1.54) is 0 Å². The van der Waals surface area contributed by atoms with Gasteiger partial charge in [0.2, 0.25) is 10.0 Å². The van der Waals surface area contributed by atoms with E-state index < -0.39 is 22.5 Å². The van der Waals surface area contributed by atoms with Crippen LogP contribution in [0.3, 0.4) is 0 Å². The zero-order chi connectivity index (χ0) is 12.9. The van der Waals surface area contributed by atoms with Gasteiger partial charge in [-0.3, -0.25) is 4.79 Å². The lowest BCUT2D eigenvalue weighted by atomic mass is 10.4. The Bertz CT molecular complexity index is 350. The molecule has 0 radical (unpaired) electrons. The highest BCUT2D eigenvalue weighted by Gasteiger charge is 2.31. The normalized spacial score (nSPS) is 16.4. The molecule has 1 aliphatic rings. The van der Waals surface area contributed by atoms with Gasteiger partial charge in [0.25, 0.3) is 0 Å². The van der Waals surface area contributed by atoms with Crippen LogP contribution >= 0.6 is 0 Å². The van der Waals surface area contributed by atoms with E-state index in [-0.39, 0.29) is 12.4 Å². The van der Waals surface area contributed by atoms with Gasteiger partial charge in [0.15, 0.2) is 0 Å². The first-order chi connectivity index (χ1) is 7.95. The molecule has 17 heavy (non-hydrogen) atoms. The van der Waals surface area contributed by atoms with Crippen molar-refractivity contribution in [2.24, 2.45) is 5.92 Å². The summed E-state index contributed by atoms with van der Waals surface area (Å²) in [6.45, 7) is 2.22. The van der Waals surface area contributed by atoms with Crippen molar-refractivity contribution < 1.29 is 23.1 Å². The van der Waals surface area contributed by atoms with Crippen molar-refractivity contribution in [1.82, 2.24) is 4.31 Å². The summed E-state index contributed by atoms with van der Waals surface area (Å²) in [5.41, 5.74) is 0. The highest BCUT2D eigenvalue weighted by molar-refractivity contribution is 7.89. The topological polar surface area (TPSA) is 83.9 Å². The molecular formula is C10H19NO5S. The summed E-state index contributed by atoms with van der Waals surface area (Å²) >= 11 is 0. The average molecular weight is 265 g/mol. The average Bonchev–Trinajstić information content (AvgIpc) is 3.00. The molecule has 0 aliphatic heterocycles. The van der Waals surface area contributed by atoms with Gasteiger partial charge in [-0.25, -0.2) is 8.42 Å². The van der Waals surface area contributed by atoms with Gasteiger partial charge in [-0.2, -0.15) is 4.31 Å². The SMILES string of the molecule is CCOCCS(=O)(=O)N(CC(=O)O)CC1CC1. The fraction of sp³-hybridized carbons (Fsp3) is 0.900. The Balaban J connectivity index is 2.55. The van der Waals surface area contributed by atoms with Crippen LogP contribution in [-0.2, 0) is 19.6 Å². The number of carboxylic acid groups (broad SMARTS) is 1. The fourth-order valence-electron chi connectivity index (χ4n) is 1.45. The van der Waals surface area contributed by atoms with Crippen LogP contribution in [0.4, 0.5) is 0 Å². The van der Waals surface area contributed by atoms with Crippen LogP contribution in [0.5, 0.6) is 0 Å². The molecule has 0 atom stereocenters. The van der Waals surface area contributed by atoms with Crippen LogP contribution in [0.1, 0.15) is 19.8 Å². The summed E-state index contributed by atoms with van der Waals surface area (Å²) in [4.78, 5) is 10.7. The number of nitrogens with zero attached hydrogens (tertiary/aromatic N) is 1. The molecule has 0 saturated heterocycles. The number of hydrogen-bond donors (Lipinski definition) is 1. The maximum absolute atomic E-state index is 11.9. The molecule has 6 nitrogen and oxygen atoms in total. The standard InChI is InChI=1S/C10H19NO5S/c1-2-16-5-6-17(14,15)11(8-10(12)13)7-9-3-4-9/h9H,2-8H2,1H3,(H,12,13). The highest BCUT2D eigenvalue weighted by Crippen LogP contribution is 2.30. The number of carboxylic acids is 1. The predicted molar refractivity (Wildman–Crippen MR) is 62.2 cm³/mol. The quantitative estimate of drug-likeness (QED) is 0.600. The van der Waals surface area contributed by atoms with Gasteiger partial charge < -0.3 is 9.84 Å². The Morgan fingerprint density at radius 3 is 2.59 bits per heavy atom. The van der Waals surface area contributed by atoms with Gasteiger partial charge in [0.1, 0.15) is 6.54 Å². The minimum Gasteiger partial charge on any atom is -0.480 e. The molecule has 0 heterocycles. The van der Waals surface area contributed by atoms with Gasteiger partial charge in [-0.05, 0) is 25.7 Å². The Kier molecular flexibility index (Phi) is 5.35. The number of hydrogen-bond acceptors (Lipinski definition) is 4. The third-order valence-electron chi connectivity index (χ3n) is 2.55. The van der Waals surface area contributed by atoms with Gasteiger partial charge >= 0.3 is 5.97 Å². The van der Waals surface area contributed by atoms with Gasteiger partial charge in [-0.1, -0.05) is 0 Å². The van der Waals surface area contributed by atoms with E-state index in [1.54, 1.807) is 6.92 Å². The zero-order valence-electron chi connectivity index (χ0n) is 9.96. The monoisotopic (exact) mass is 265 g/mol. The first kappa shape index (κ1) is 14.4. The van der Waals surface area contributed by atoms with Crippen molar-refractivity contribution in [3.8, 4) is 0 Å². The molecule has 100 valence electrons. The van der Waals surface area contributed by atoms with Crippen molar-refractivity contribution in [3.05, 3.63) is 0 Å². The van der Waals surface area contributed by atoms with E-state index in [2.05, 4.69) is 0 Å². The smallest absolute Gasteiger partial charge is 0.318 e. The Hall–Kier alpha value is -0.660. The summed E-state index contributed by atoms with van der Waals surface area (Å²) in [7, 11) is -3.52. The van der Waals surface area contributed by atoms with E-state index in [0.29, 0.717) is 19.1 Å². The van der Waals surface area contributed by atoms with E-state index in [4.69, 9.17) is 9.84 Å². The molecule has 0 aromatic rings. The molecule has 7 heteroatoms. The van der Waals surface area contributed by atoms with Crippen molar-refractivity contribution in [3.63, 3.8) is 0 Å². The van der Waals surface area contributed by atoms with E-state index in [9.17, 15) is 13.2 Å². The molecule has 0 spiro atoms. The second-order valence-electron chi connectivity index (χ2n) is 4.14. The molecule has 1 N–H and O–H groups in total. The lowest BCUT2D eigenvalue weighted by Crippen LogP contribution is -2.39. The van der Waals surface area contributed by atoms with Crippen LogP contribution in [0, 0.1) is 5.92 Å². The minimum absolute atomic E-state index is 0.111. The highest BCUT2D eigenvalue weighted by atomic mass is 32.2. The van der Waals surface area contributed by atoms with Crippen LogP contribution in [0.25, 0.3) is 0 Å². The summed E-state index contributed by atoms with van der Waals surface area (Å²) in [5, 5.41) is 8.71. The Morgan fingerprint density at radius 1 is 1.47 bits per heavy atom.